The van der Waals surface area contributed by atoms with Crippen LogP contribution in [0.1, 0.15) is 22.3 Å². The van der Waals surface area contributed by atoms with Crippen molar-refractivity contribution in [2.45, 2.75) is 12.8 Å². The molecule has 136 valence electrons. The van der Waals surface area contributed by atoms with Gasteiger partial charge in [-0.3, -0.25) is 0 Å². The Morgan fingerprint density at radius 1 is 1.04 bits per heavy atom. The molecule has 0 unspecified atom stereocenters. The molecule has 0 aliphatic carbocycles. The number of nitrogens with zero attached hydrogens (tertiary/aromatic N) is 1. The Kier molecular flexibility index (Phi) is 7.17. The molecule has 3 rings (SSSR count). The first-order chi connectivity index (χ1) is 12.9. The molecule has 1 heterocycles. The average Bonchev–Trinajstić information content (AvgIpc) is 2.70. The molecule has 0 spiro atoms. The van der Waals surface area contributed by atoms with Crippen LogP contribution in [0.4, 0.5) is 0 Å². The summed E-state index contributed by atoms with van der Waals surface area (Å²) in [5.74, 6) is 0. The Hall–Kier alpha value is -2.23. The van der Waals surface area contributed by atoms with Gasteiger partial charge in [-0.2, -0.15) is 0 Å². The van der Waals surface area contributed by atoms with Gasteiger partial charge in [0.2, 0.25) is 0 Å². The van der Waals surface area contributed by atoms with Gasteiger partial charge < -0.3 is 10.1 Å². The summed E-state index contributed by atoms with van der Waals surface area (Å²) in [4.78, 5) is 0. The summed E-state index contributed by atoms with van der Waals surface area (Å²) in [7, 11) is 0. The lowest BCUT2D eigenvalue weighted by Gasteiger charge is -2.12. The Morgan fingerprint density at radius 3 is 2.81 bits per heavy atom. The van der Waals surface area contributed by atoms with E-state index in [2.05, 4.69) is 71.2 Å². The Morgan fingerprint density at radius 2 is 1.88 bits per heavy atom. The predicted octanol–water partition coefficient (Wildman–Crippen LogP) is 2.14. The van der Waals surface area contributed by atoms with Crippen LogP contribution in [0.3, 0.4) is 0 Å². The van der Waals surface area contributed by atoms with Crippen LogP contribution in [0, 0.1) is 0 Å². The number of ether oxygens (including phenoxy) is 1. The van der Waals surface area contributed by atoms with Crippen molar-refractivity contribution in [3.63, 3.8) is 0 Å². The van der Waals surface area contributed by atoms with Gasteiger partial charge in [0.05, 0.1) is 19.7 Å². The van der Waals surface area contributed by atoms with E-state index in [1.54, 1.807) is 0 Å². The van der Waals surface area contributed by atoms with E-state index in [4.69, 9.17) is 4.74 Å². The van der Waals surface area contributed by atoms with Gasteiger partial charge in [0.1, 0.15) is 13.2 Å². The van der Waals surface area contributed by atoms with Crippen LogP contribution in [-0.2, 0) is 17.6 Å². The lowest BCUT2D eigenvalue weighted by atomic mass is 10.0. The fourth-order valence-electron chi connectivity index (χ4n) is 3.40. The van der Waals surface area contributed by atoms with E-state index in [9.17, 15) is 0 Å². The Balaban J connectivity index is 1.27. The van der Waals surface area contributed by atoms with E-state index in [-0.39, 0.29) is 0 Å². The summed E-state index contributed by atoms with van der Waals surface area (Å²) in [6, 6.07) is 17.1. The van der Waals surface area contributed by atoms with Gasteiger partial charge in [-0.15, -0.1) is 0 Å². The average molecular weight is 351 g/mol. The van der Waals surface area contributed by atoms with Crippen molar-refractivity contribution in [1.29, 1.82) is 0 Å². The molecule has 2 aromatic rings. The molecule has 2 aromatic carbocycles. The molecular formula is C23H30N2O+2. The lowest BCUT2D eigenvalue weighted by molar-refractivity contribution is -0.656. The molecule has 0 saturated heterocycles. The highest BCUT2D eigenvalue weighted by molar-refractivity contribution is 5.78. The number of hydrogen-bond donors (Lipinski definition) is 1. The zero-order chi connectivity index (χ0) is 18.0. The molecule has 1 aliphatic rings. The predicted molar refractivity (Wildman–Crippen MR) is 108 cm³/mol. The standard InChI is InChI=1S/C23H29N2O/c1-2-20-7-3-4-8-21(20)11-13-24-14-17-26-18-16-25-15-12-22-9-5-6-10-23(22)19-25/h2-10,19,24H,1,11-18H2/q+1/p+1. The highest BCUT2D eigenvalue weighted by Crippen LogP contribution is 2.11. The van der Waals surface area contributed by atoms with Crippen LogP contribution in [0.5, 0.6) is 0 Å². The topological polar surface area (TPSA) is 28.9 Å². The molecule has 3 nitrogen and oxygen atoms in total. The van der Waals surface area contributed by atoms with Gasteiger partial charge in [-0.05, 0) is 22.8 Å². The maximum atomic E-state index is 5.81. The fourth-order valence-corrected chi connectivity index (χ4v) is 3.40. The van der Waals surface area contributed by atoms with Gasteiger partial charge >= 0.3 is 0 Å². The second kappa shape index (κ2) is 10.0. The van der Waals surface area contributed by atoms with Crippen LogP contribution in [0.15, 0.2) is 55.1 Å². The first-order valence-electron chi connectivity index (χ1n) is 9.63. The summed E-state index contributed by atoms with van der Waals surface area (Å²) in [5, 5.41) is 2.34. The third kappa shape index (κ3) is 5.38. The van der Waals surface area contributed by atoms with E-state index in [0.29, 0.717) is 0 Å². The molecule has 2 N–H and O–H groups in total. The molecule has 0 saturated carbocycles. The maximum absolute atomic E-state index is 5.81. The van der Waals surface area contributed by atoms with Crippen molar-refractivity contribution in [1.82, 2.24) is 0 Å². The van der Waals surface area contributed by atoms with E-state index in [0.717, 1.165) is 52.2 Å². The maximum Gasteiger partial charge on any atom is 0.171 e. The lowest BCUT2D eigenvalue weighted by Crippen LogP contribution is -2.85. The van der Waals surface area contributed by atoms with Gasteiger partial charge in [0, 0.05) is 18.4 Å². The van der Waals surface area contributed by atoms with Crippen LogP contribution < -0.4 is 5.32 Å². The quantitative estimate of drug-likeness (QED) is 0.516. The Labute approximate surface area is 157 Å². The molecule has 3 heteroatoms. The SMILES string of the molecule is C=Cc1ccccc1CC[NH2+]CCOCC[N+]1=Cc2ccccc2CC1. The molecule has 1 aliphatic heterocycles. The monoisotopic (exact) mass is 350 g/mol. The fraction of sp³-hybridized carbons (Fsp3) is 0.348. The molecule has 0 fully saturated rings. The zero-order valence-electron chi connectivity index (χ0n) is 15.6. The summed E-state index contributed by atoms with van der Waals surface area (Å²) in [5.41, 5.74) is 5.43. The zero-order valence-corrected chi connectivity index (χ0v) is 15.6. The Bertz CT molecular complexity index is 751. The molecule has 0 atom stereocenters. The largest absolute Gasteiger partial charge is 0.369 e. The minimum atomic E-state index is 0.797. The van der Waals surface area contributed by atoms with Crippen molar-refractivity contribution in [3.8, 4) is 0 Å². The van der Waals surface area contributed by atoms with Gasteiger partial charge in [0.25, 0.3) is 0 Å². The number of hydrogen-bond acceptors (Lipinski definition) is 1. The molecule has 0 bridgehead atoms. The minimum Gasteiger partial charge on any atom is -0.369 e. The number of benzene rings is 2. The molecule has 26 heavy (non-hydrogen) atoms. The number of fused-ring (bicyclic) bond motifs is 1. The van der Waals surface area contributed by atoms with Gasteiger partial charge in [-0.25, -0.2) is 4.58 Å². The van der Waals surface area contributed by atoms with Crippen LogP contribution in [0.2, 0.25) is 0 Å². The van der Waals surface area contributed by atoms with Crippen molar-refractivity contribution in [2.75, 3.05) is 39.4 Å². The normalized spacial score (nSPS) is 13.2. The highest BCUT2D eigenvalue weighted by Gasteiger charge is 2.14. The molecule has 0 amide bonds. The second-order valence-electron chi connectivity index (χ2n) is 6.75. The summed E-state index contributed by atoms with van der Waals surface area (Å²) >= 11 is 0. The van der Waals surface area contributed by atoms with Crippen LogP contribution in [-0.4, -0.2) is 50.2 Å². The van der Waals surface area contributed by atoms with Crippen LogP contribution >= 0.6 is 0 Å². The van der Waals surface area contributed by atoms with Crippen molar-refractivity contribution in [2.24, 2.45) is 0 Å². The smallest absolute Gasteiger partial charge is 0.171 e. The van der Waals surface area contributed by atoms with Gasteiger partial charge in [-0.1, -0.05) is 55.1 Å². The van der Waals surface area contributed by atoms with E-state index in [1.165, 1.54) is 22.3 Å². The van der Waals surface area contributed by atoms with Crippen LogP contribution in [0.25, 0.3) is 6.08 Å². The third-order valence-electron chi connectivity index (χ3n) is 4.93. The van der Waals surface area contributed by atoms with Crippen molar-refractivity contribution >= 4 is 12.3 Å². The van der Waals surface area contributed by atoms with E-state index < -0.39 is 0 Å². The van der Waals surface area contributed by atoms with E-state index >= 15 is 0 Å². The number of quaternary nitrogens is 1. The van der Waals surface area contributed by atoms with E-state index in [1.807, 2.05) is 6.08 Å². The molecule has 0 aromatic heterocycles. The second-order valence-corrected chi connectivity index (χ2v) is 6.75. The molecular weight excluding hydrogens is 320 g/mol. The molecule has 0 radical (unpaired) electrons. The van der Waals surface area contributed by atoms with Crippen molar-refractivity contribution in [3.05, 3.63) is 77.4 Å². The number of nitrogens with two attached hydrogens (primary N) is 1. The number of rotatable bonds is 10. The first kappa shape index (κ1) is 18.6. The van der Waals surface area contributed by atoms with Crippen molar-refractivity contribution < 1.29 is 14.6 Å². The first-order valence-corrected chi connectivity index (χ1v) is 9.63. The van der Waals surface area contributed by atoms with Gasteiger partial charge in [0.15, 0.2) is 12.8 Å². The highest BCUT2D eigenvalue weighted by atomic mass is 16.5. The summed E-state index contributed by atoms with van der Waals surface area (Å²) < 4.78 is 8.19. The summed E-state index contributed by atoms with van der Waals surface area (Å²) in [6.07, 6.45) is 6.41. The third-order valence-corrected chi connectivity index (χ3v) is 4.93. The minimum absolute atomic E-state index is 0.797. The summed E-state index contributed by atoms with van der Waals surface area (Å²) in [6.45, 7) is 9.67.